The van der Waals surface area contributed by atoms with E-state index in [9.17, 15) is 53.4 Å². The van der Waals surface area contributed by atoms with E-state index in [2.05, 4.69) is 77.8 Å². The third-order valence-electron chi connectivity index (χ3n) is 12.6. The first-order valence-corrected chi connectivity index (χ1v) is 27.1. The van der Waals surface area contributed by atoms with Crippen molar-refractivity contribution in [3.8, 4) is 5.75 Å². The molecule has 78 heavy (non-hydrogen) atoms. The zero-order valence-electron chi connectivity index (χ0n) is 45.0. The number of rotatable bonds is 33. The SMILES string of the molecule is CC[C@H](C)[C@H](N)C(=O)N[C@@H](CC(C)C)C(=O)NCC(=O)N[C@@H](CS)C(=O)N[C@@H](Cc1c[nH]c2ccccc12)C(=O)N[C@@H](CS)C(=O)N[C@@H](Cc1ccc(O)cc1)C(=O)N[C@@H](CC(C)C)C(=O)N[C@@H](CCCN=C(N)N)C(=O)O. The molecule has 0 saturated carbocycles. The summed E-state index contributed by atoms with van der Waals surface area (Å²) in [7, 11) is 0. The average Bonchev–Trinajstić information content (AvgIpc) is 3.80. The zero-order valence-corrected chi connectivity index (χ0v) is 46.8. The van der Waals surface area contributed by atoms with Gasteiger partial charge in [0.05, 0.1) is 12.6 Å². The van der Waals surface area contributed by atoms with Gasteiger partial charge in [0.1, 0.15) is 48.0 Å². The molecular weight excluding hydrogens is 1050 g/mol. The number of guanidine groups is 1. The molecule has 17 N–H and O–H groups in total. The minimum absolute atomic E-state index is 0.0168. The number of fused-ring (bicyclic) bond motifs is 1. The molecule has 1 aromatic heterocycles. The number of aromatic hydroxyl groups is 1. The number of nitrogens with zero attached hydrogens (tertiary/aromatic N) is 1. The van der Waals surface area contributed by atoms with Crippen LogP contribution in [0.15, 0.2) is 59.7 Å². The average molecular weight is 1130 g/mol. The number of aliphatic imine (C=N–C) groups is 1. The highest BCUT2D eigenvalue weighted by atomic mass is 32.1. The summed E-state index contributed by atoms with van der Waals surface area (Å²) in [6, 6.07) is 2.92. The van der Waals surface area contributed by atoms with Crippen LogP contribution < -0.4 is 59.7 Å². The van der Waals surface area contributed by atoms with Crippen LogP contribution in [0.25, 0.3) is 10.9 Å². The fourth-order valence-corrected chi connectivity index (χ4v) is 8.55. The Bertz CT molecular complexity index is 2540. The second-order valence-electron chi connectivity index (χ2n) is 20.0. The lowest BCUT2D eigenvalue weighted by Gasteiger charge is -2.27. The number of phenolic OH excluding ortho intramolecular Hbond substituents is 1. The number of para-hydroxylation sites is 1. The molecule has 0 aliphatic heterocycles. The Morgan fingerprint density at radius 2 is 1.12 bits per heavy atom. The first-order valence-electron chi connectivity index (χ1n) is 25.8. The number of aromatic nitrogens is 1. The van der Waals surface area contributed by atoms with Gasteiger partial charge in [-0.25, -0.2) is 4.79 Å². The van der Waals surface area contributed by atoms with E-state index < -0.39 is 108 Å². The number of carbonyl (C=O) groups excluding carboxylic acids is 8. The predicted octanol–water partition coefficient (Wildman–Crippen LogP) is -0.368. The van der Waals surface area contributed by atoms with Crippen molar-refractivity contribution in [1.29, 1.82) is 0 Å². The van der Waals surface area contributed by atoms with E-state index in [0.29, 0.717) is 17.5 Å². The van der Waals surface area contributed by atoms with Crippen LogP contribution in [0.3, 0.4) is 0 Å². The highest BCUT2D eigenvalue weighted by Gasteiger charge is 2.34. The molecule has 2 aromatic carbocycles. The predicted molar refractivity (Wildman–Crippen MR) is 302 cm³/mol. The number of hydrogen-bond donors (Lipinski definition) is 16. The lowest BCUT2D eigenvalue weighted by atomic mass is 9.97. The number of carboxylic acid groups (broad SMARTS) is 1. The Morgan fingerprint density at radius 3 is 1.67 bits per heavy atom. The van der Waals surface area contributed by atoms with Gasteiger partial charge < -0.3 is 74.9 Å². The molecule has 0 aliphatic rings. The van der Waals surface area contributed by atoms with Crippen molar-refractivity contribution < 1.29 is 53.4 Å². The van der Waals surface area contributed by atoms with E-state index in [1.165, 1.54) is 24.3 Å². The van der Waals surface area contributed by atoms with Gasteiger partial charge in [0.25, 0.3) is 0 Å². The fraction of sp³-hybridized carbons (Fsp3) is 0.538. The van der Waals surface area contributed by atoms with Crippen LogP contribution in [0.1, 0.15) is 84.8 Å². The molecule has 0 aliphatic carbocycles. The largest absolute Gasteiger partial charge is 0.508 e. The smallest absolute Gasteiger partial charge is 0.326 e. The Balaban J connectivity index is 1.86. The number of hydrogen-bond acceptors (Lipinski definition) is 14. The van der Waals surface area contributed by atoms with E-state index in [4.69, 9.17) is 17.2 Å². The zero-order chi connectivity index (χ0) is 58.2. The molecule has 0 unspecified atom stereocenters. The van der Waals surface area contributed by atoms with Crippen molar-refractivity contribution in [1.82, 2.24) is 47.5 Å². The number of H-pyrrole nitrogens is 1. The van der Waals surface area contributed by atoms with Crippen molar-refractivity contribution in [2.75, 3.05) is 24.6 Å². The van der Waals surface area contributed by atoms with Gasteiger partial charge >= 0.3 is 5.97 Å². The number of aromatic amines is 1. The number of nitrogens with one attached hydrogen (secondary N) is 9. The van der Waals surface area contributed by atoms with Gasteiger partial charge in [-0.2, -0.15) is 25.3 Å². The quantitative estimate of drug-likeness (QED) is 0.0160. The minimum atomic E-state index is -1.44. The molecule has 0 radical (unpaired) electrons. The first-order chi connectivity index (χ1) is 36.9. The Morgan fingerprint density at radius 1 is 0.628 bits per heavy atom. The number of amides is 8. The molecule has 0 fully saturated rings. The van der Waals surface area contributed by atoms with Gasteiger partial charge in [-0.3, -0.25) is 43.3 Å². The van der Waals surface area contributed by atoms with Crippen molar-refractivity contribution in [3.05, 3.63) is 65.9 Å². The number of phenols is 1. The number of benzene rings is 2. The molecular formula is C52H79N13O11S2. The third-order valence-corrected chi connectivity index (χ3v) is 13.3. The van der Waals surface area contributed by atoms with Gasteiger partial charge in [-0.1, -0.05) is 78.3 Å². The molecule has 1 heterocycles. The van der Waals surface area contributed by atoms with Gasteiger partial charge in [-0.15, -0.1) is 0 Å². The van der Waals surface area contributed by atoms with Crippen molar-refractivity contribution in [3.63, 3.8) is 0 Å². The van der Waals surface area contributed by atoms with Crippen molar-refractivity contribution in [2.45, 2.75) is 135 Å². The summed E-state index contributed by atoms with van der Waals surface area (Å²) in [5.74, 6) is -8.64. The molecule has 0 saturated heterocycles. The number of carbonyl (C=O) groups is 9. The monoisotopic (exact) mass is 1130 g/mol. The third kappa shape index (κ3) is 21.8. The molecule has 26 heteroatoms. The van der Waals surface area contributed by atoms with Gasteiger partial charge in [-0.05, 0) is 72.8 Å². The lowest BCUT2D eigenvalue weighted by Crippen LogP contribution is -2.61. The van der Waals surface area contributed by atoms with Gasteiger partial charge in [0, 0.05) is 48.0 Å². The summed E-state index contributed by atoms with van der Waals surface area (Å²) >= 11 is 8.64. The second-order valence-corrected chi connectivity index (χ2v) is 20.7. The van der Waals surface area contributed by atoms with Crippen LogP contribution >= 0.6 is 25.3 Å². The van der Waals surface area contributed by atoms with E-state index in [1.54, 1.807) is 38.2 Å². The van der Waals surface area contributed by atoms with E-state index in [-0.39, 0.29) is 86.0 Å². The maximum Gasteiger partial charge on any atom is 0.326 e. The lowest BCUT2D eigenvalue weighted by molar-refractivity contribution is -0.142. The molecule has 8 amide bonds. The molecule has 0 bridgehead atoms. The number of thiol groups is 2. The molecule has 24 nitrogen and oxygen atoms in total. The van der Waals surface area contributed by atoms with E-state index in [1.807, 2.05) is 33.8 Å². The highest BCUT2D eigenvalue weighted by Crippen LogP contribution is 2.20. The van der Waals surface area contributed by atoms with E-state index in [0.717, 1.165) is 10.9 Å². The molecule has 0 spiro atoms. The molecule has 9 atom stereocenters. The van der Waals surface area contributed by atoms with Crippen LogP contribution in [0.2, 0.25) is 0 Å². The standard InChI is InChI=1S/C52H79N13O11S2/c1-7-29(6)43(53)50(74)64-36(19-27(2)3)44(68)58-24-42(67)59-40(25-77)48(72)63-39(22-31-23-57-34-12-9-8-11-33(31)34)47(71)65-41(26-78)49(73)62-38(21-30-14-16-32(66)17-15-30)46(70)61-37(20-28(4)5)45(69)60-35(51(75)76)13-10-18-56-52(54)55/h8-9,11-12,14-17,23,27-29,35-41,43,57,66,77-78H,7,10,13,18-22,24-26,53H2,1-6H3,(H,58,68)(H,59,67)(H,60,69)(H,61,70)(H,62,73)(H,63,72)(H,64,74)(H,65,71)(H,75,76)(H4,54,55,56)/t29-,35-,36-,37-,38-,39-,40-,41-,43-/m0/s1. The van der Waals surface area contributed by atoms with Crippen LogP contribution in [-0.2, 0) is 56.0 Å². The van der Waals surface area contributed by atoms with Crippen LogP contribution in [0.4, 0.5) is 0 Å². The number of nitrogens with two attached hydrogens (primary N) is 3. The van der Waals surface area contributed by atoms with Crippen molar-refractivity contribution in [2.24, 2.45) is 39.9 Å². The summed E-state index contributed by atoms with van der Waals surface area (Å²) in [5, 5.41) is 41.4. The highest BCUT2D eigenvalue weighted by molar-refractivity contribution is 7.80. The van der Waals surface area contributed by atoms with Crippen LogP contribution in [0.5, 0.6) is 5.75 Å². The maximum absolute atomic E-state index is 14.4. The van der Waals surface area contributed by atoms with Crippen LogP contribution in [0, 0.1) is 17.8 Å². The summed E-state index contributed by atoms with van der Waals surface area (Å²) in [6.07, 6.45) is 2.50. The van der Waals surface area contributed by atoms with Gasteiger partial charge in [0.15, 0.2) is 5.96 Å². The Hall–Kier alpha value is -7.06. The molecule has 430 valence electrons. The summed E-state index contributed by atoms with van der Waals surface area (Å²) in [4.78, 5) is 129. The maximum atomic E-state index is 14.4. The summed E-state index contributed by atoms with van der Waals surface area (Å²) in [5.41, 5.74) is 18.7. The first kappa shape index (κ1) is 65.2. The van der Waals surface area contributed by atoms with Crippen molar-refractivity contribution >= 4 is 95.3 Å². The molecule has 3 rings (SSSR count). The van der Waals surface area contributed by atoms with Gasteiger partial charge in [0.2, 0.25) is 47.3 Å². The summed E-state index contributed by atoms with van der Waals surface area (Å²) in [6.45, 7) is 10.5. The Labute approximate surface area is 465 Å². The topological polar surface area (TPSA) is 397 Å². The summed E-state index contributed by atoms with van der Waals surface area (Å²) < 4.78 is 0. The number of carboxylic acids is 1. The minimum Gasteiger partial charge on any atom is -0.508 e. The molecule has 3 aromatic rings. The fourth-order valence-electron chi connectivity index (χ4n) is 8.04. The second kappa shape index (κ2) is 32.6. The number of aliphatic carboxylic acids is 1. The Kier molecular flexibility index (Phi) is 27.3. The van der Waals surface area contributed by atoms with Crippen LogP contribution in [-0.4, -0.2) is 147 Å². The normalized spacial score (nSPS) is 14.7. The van der Waals surface area contributed by atoms with E-state index >= 15 is 0 Å².